The van der Waals surface area contributed by atoms with E-state index in [-0.39, 0.29) is 47.1 Å². The first-order valence-corrected chi connectivity index (χ1v) is 16.7. The van der Waals surface area contributed by atoms with Gasteiger partial charge in [-0.25, -0.2) is 13.8 Å². The van der Waals surface area contributed by atoms with E-state index in [1.54, 1.807) is 18.2 Å². The number of anilines is 2. The fourth-order valence-electron chi connectivity index (χ4n) is 7.93. The molecule has 2 unspecified atom stereocenters. The summed E-state index contributed by atoms with van der Waals surface area (Å²) in [4.78, 5) is 30.3. The summed E-state index contributed by atoms with van der Waals surface area (Å²) in [6.07, 6.45) is 4.89. The zero-order chi connectivity index (χ0) is 32.1. The molecule has 3 aromatic rings. The summed E-state index contributed by atoms with van der Waals surface area (Å²) in [5.41, 5.74) is 6.08. The number of hydrogen-bond acceptors (Lipinski definition) is 9. The van der Waals surface area contributed by atoms with Gasteiger partial charge in [0.2, 0.25) is 5.91 Å². The largest absolute Gasteiger partial charge is 0.461 e. The number of nitrogen functional groups attached to an aromatic ring is 1. The van der Waals surface area contributed by atoms with Crippen molar-refractivity contribution in [3.8, 4) is 17.1 Å². The summed E-state index contributed by atoms with van der Waals surface area (Å²) in [5, 5.41) is 15.2. The van der Waals surface area contributed by atoms with E-state index < -0.39 is 23.1 Å². The van der Waals surface area contributed by atoms with Crippen molar-refractivity contribution >= 4 is 40.0 Å². The van der Waals surface area contributed by atoms with Crippen LogP contribution in [-0.2, 0) is 11.2 Å². The molecule has 6 bridgehead atoms. The number of rotatable bonds is 3. The van der Waals surface area contributed by atoms with Crippen LogP contribution in [0.1, 0.15) is 63.4 Å². The quantitative estimate of drug-likeness (QED) is 0.347. The molecule has 3 fully saturated rings. The van der Waals surface area contributed by atoms with Crippen molar-refractivity contribution in [2.24, 2.45) is 0 Å². The van der Waals surface area contributed by atoms with E-state index in [9.17, 15) is 14.3 Å². The smallest absolute Gasteiger partial charge is 0.319 e. The lowest BCUT2D eigenvalue weighted by atomic mass is 9.89. The number of pyridine rings is 1. The van der Waals surface area contributed by atoms with Crippen molar-refractivity contribution in [1.29, 1.82) is 0 Å². The number of aromatic nitrogens is 3. The highest BCUT2D eigenvalue weighted by molar-refractivity contribution is 6.30. The molecule has 5 aliphatic rings. The summed E-state index contributed by atoms with van der Waals surface area (Å²) in [5.74, 6) is -0.0438. The second-order valence-corrected chi connectivity index (χ2v) is 13.8. The Morgan fingerprint density at radius 3 is 2.78 bits per heavy atom. The fourth-order valence-corrected chi connectivity index (χ4v) is 8.23. The molecule has 1 aromatic carbocycles. The number of alkyl halides is 1. The van der Waals surface area contributed by atoms with Crippen LogP contribution in [0.2, 0.25) is 5.15 Å². The zero-order valence-corrected chi connectivity index (χ0v) is 26.6. The number of nitrogens with one attached hydrogen (secondary N) is 1. The molecule has 4 N–H and O–H groups in total. The maximum atomic E-state index is 16.8. The van der Waals surface area contributed by atoms with Crippen molar-refractivity contribution in [3.05, 3.63) is 34.7 Å². The number of piperidine rings is 1. The number of hydrogen-bond donors (Lipinski definition) is 3. The lowest BCUT2D eigenvalue weighted by Gasteiger charge is -2.40. The average molecular weight is 656 g/mol. The number of aliphatic hydroxyl groups is 1. The molecule has 7 heterocycles. The summed E-state index contributed by atoms with van der Waals surface area (Å²) in [6.45, 7) is 2.58. The molecule has 0 radical (unpaired) electrons. The Labute approximate surface area is 271 Å². The molecule has 5 aliphatic heterocycles. The van der Waals surface area contributed by atoms with Crippen molar-refractivity contribution in [2.75, 3.05) is 50.0 Å². The molecule has 8 rings (SSSR count). The van der Waals surface area contributed by atoms with E-state index in [1.807, 2.05) is 4.90 Å². The van der Waals surface area contributed by atoms with Crippen LogP contribution in [0.3, 0.4) is 0 Å². The Balaban J connectivity index is 1.35. The molecule has 3 saturated heterocycles. The number of ether oxygens (including phenoxy) is 1. The molecule has 1 amide bonds. The normalized spacial score (nSPS) is 27.3. The third-order valence-corrected chi connectivity index (χ3v) is 10.5. The molecule has 0 spiro atoms. The van der Waals surface area contributed by atoms with Crippen LogP contribution in [0.15, 0.2) is 18.2 Å². The van der Waals surface area contributed by atoms with Crippen molar-refractivity contribution in [3.63, 3.8) is 0 Å². The number of carbonyl (C=O) groups excluding carboxylic acids is 1. The molecule has 0 saturated carbocycles. The van der Waals surface area contributed by atoms with Crippen LogP contribution in [-0.4, -0.2) is 87.5 Å². The minimum atomic E-state index is -1.07. The summed E-state index contributed by atoms with van der Waals surface area (Å²) >= 11 is 6.57. The summed E-state index contributed by atoms with van der Waals surface area (Å²) in [6, 6.07) is 5.09. The van der Waals surface area contributed by atoms with Gasteiger partial charge in [0.15, 0.2) is 5.82 Å². The van der Waals surface area contributed by atoms with Crippen LogP contribution < -0.4 is 20.7 Å². The fraction of sp³-hybridized carbons (Fsp3) is 0.576. The number of amides is 1. The number of halogens is 3. The minimum Gasteiger partial charge on any atom is -0.461 e. The van der Waals surface area contributed by atoms with Crippen molar-refractivity contribution in [1.82, 2.24) is 25.2 Å². The van der Waals surface area contributed by atoms with E-state index in [4.69, 9.17) is 27.1 Å². The van der Waals surface area contributed by atoms with E-state index in [1.165, 1.54) is 0 Å². The lowest BCUT2D eigenvalue weighted by molar-refractivity contribution is -0.121. The van der Waals surface area contributed by atoms with Crippen LogP contribution >= 0.6 is 11.6 Å². The average Bonchev–Trinajstić information content (AvgIpc) is 3.54. The van der Waals surface area contributed by atoms with Crippen molar-refractivity contribution < 1.29 is 23.4 Å². The number of nitrogens with zero attached hydrogens (tertiary/aromatic N) is 5. The SMILES string of the molecule is Nc1cc2c(c(Cl)n1)CCCCC(=O)NCCC1(O)CCCN(C1)c1nc(OC[C@@]34CCCN3CC(F)C4)nc3c(F)c-2ccc13. The van der Waals surface area contributed by atoms with E-state index in [0.717, 1.165) is 19.4 Å². The third kappa shape index (κ3) is 5.95. The number of fused-ring (bicyclic) bond motifs is 9. The highest BCUT2D eigenvalue weighted by Gasteiger charge is 2.49. The highest BCUT2D eigenvalue weighted by atomic mass is 35.5. The van der Waals surface area contributed by atoms with Crippen LogP contribution in [0.5, 0.6) is 6.01 Å². The molecule has 246 valence electrons. The van der Waals surface area contributed by atoms with Gasteiger partial charge in [-0.05, 0) is 81.2 Å². The zero-order valence-electron chi connectivity index (χ0n) is 25.8. The van der Waals surface area contributed by atoms with Gasteiger partial charge in [0.05, 0.1) is 11.1 Å². The Kier molecular flexibility index (Phi) is 8.39. The van der Waals surface area contributed by atoms with Crippen LogP contribution in [0.25, 0.3) is 22.0 Å². The molecular weight excluding hydrogens is 616 g/mol. The van der Waals surface area contributed by atoms with Gasteiger partial charge in [0, 0.05) is 50.0 Å². The maximum Gasteiger partial charge on any atom is 0.319 e. The van der Waals surface area contributed by atoms with Crippen LogP contribution in [0, 0.1) is 5.82 Å². The number of carbonyl (C=O) groups is 1. The molecule has 46 heavy (non-hydrogen) atoms. The van der Waals surface area contributed by atoms with Gasteiger partial charge >= 0.3 is 6.01 Å². The summed E-state index contributed by atoms with van der Waals surface area (Å²) < 4.78 is 37.6. The predicted molar refractivity (Wildman–Crippen MR) is 172 cm³/mol. The molecular formula is C33H40ClF2N7O3. The van der Waals surface area contributed by atoms with E-state index in [2.05, 4.69) is 20.2 Å². The van der Waals surface area contributed by atoms with Crippen molar-refractivity contribution in [2.45, 2.75) is 81.5 Å². The Morgan fingerprint density at radius 2 is 1.91 bits per heavy atom. The second-order valence-electron chi connectivity index (χ2n) is 13.4. The van der Waals surface area contributed by atoms with Gasteiger partial charge in [-0.15, -0.1) is 0 Å². The topological polar surface area (TPSA) is 130 Å². The Hall–Kier alpha value is -3.35. The first-order chi connectivity index (χ1) is 22.1. The van der Waals surface area contributed by atoms with Gasteiger partial charge in [-0.1, -0.05) is 17.7 Å². The predicted octanol–water partition coefficient (Wildman–Crippen LogP) is 4.59. The molecule has 2 aromatic heterocycles. The summed E-state index contributed by atoms with van der Waals surface area (Å²) in [7, 11) is 0. The van der Waals surface area contributed by atoms with E-state index >= 15 is 4.39 Å². The van der Waals surface area contributed by atoms with Crippen LogP contribution in [0.4, 0.5) is 20.4 Å². The second kappa shape index (κ2) is 12.4. The first-order valence-electron chi connectivity index (χ1n) is 16.3. The van der Waals surface area contributed by atoms with Gasteiger partial charge < -0.3 is 25.8 Å². The first kappa shape index (κ1) is 31.3. The molecule has 0 aliphatic carbocycles. The molecule has 13 heteroatoms. The molecule has 10 nitrogen and oxygen atoms in total. The molecule has 3 atom stereocenters. The number of nitrogens with two attached hydrogens (primary N) is 1. The highest BCUT2D eigenvalue weighted by Crippen LogP contribution is 2.42. The van der Waals surface area contributed by atoms with Gasteiger partial charge in [-0.2, -0.15) is 9.97 Å². The Bertz CT molecular complexity index is 1660. The van der Waals surface area contributed by atoms with Gasteiger partial charge in [0.1, 0.15) is 35.1 Å². The van der Waals surface area contributed by atoms with Gasteiger partial charge in [0.25, 0.3) is 0 Å². The third-order valence-electron chi connectivity index (χ3n) is 10.2. The van der Waals surface area contributed by atoms with Gasteiger partial charge in [-0.3, -0.25) is 9.69 Å². The van der Waals surface area contributed by atoms with E-state index in [0.29, 0.717) is 93.3 Å². The maximum absolute atomic E-state index is 16.8. The monoisotopic (exact) mass is 655 g/mol. The minimum absolute atomic E-state index is 0.00496. The standard InChI is InChI=1S/C33H40ClF2N7O3/c34-29-22-5-1-2-6-26(44)38-12-11-33(45)10-4-13-42(18-33)30-23-8-7-21(24(22)15-25(37)39-29)27(36)28(23)40-31(41-30)46-19-32-9-3-14-43(32)17-20(35)16-32/h7-8,15,20,45H,1-6,9-14,16-19H2,(H2,37,39)(H,38,44)/t20?,32-,33?/m0/s1. The lowest BCUT2D eigenvalue weighted by Crippen LogP contribution is -2.50. The Morgan fingerprint density at radius 1 is 1.09 bits per heavy atom. The number of benzene rings is 1.